The van der Waals surface area contributed by atoms with Gasteiger partial charge in [-0.15, -0.1) is 0 Å². The third kappa shape index (κ3) is 4.08. The highest BCUT2D eigenvalue weighted by molar-refractivity contribution is 6.31. The normalized spacial score (nSPS) is 12.8. The molecule has 0 aliphatic carbocycles. The molecule has 0 amide bonds. The molecule has 1 atom stereocenters. The summed E-state index contributed by atoms with van der Waals surface area (Å²) in [5, 5.41) is 10.0. The van der Waals surface area contributed by atoms with E-state index >= 15 is 0 Å². The summed E-state index contributed by atoms with van der Waals surface area (Å²) in [6, 6.07) is 4.51. The molecule has 1 aromatic rings. The second-order valence-electron chi connectivity index (χ2n) is 3.54. The van der Waals surface area contributed by atoms with Gasteiger partial charge in [-0.2, -0.15) is 0 Å². The first-order chi connectivity index (χ1) is 7.65. The van der Waals surface area contributed by atoms with Gasteiger partial charge < -0.3 is 9.84 Å². The first-order valence-electron chi connectivity index (χ1n) is 5.33. The Balaban J connectivity index is 2.52. The van der Waals surface area contributed by atoms with Crippen LogP contribution in [-0.4, -0.2) is 24.4 Å². The molecular formula is C12H16ClFO2. The lowest BCUT2D eigenvalue weighted by Crippen LogP contribution is -2.14. The quantitative estimate of drug-likeness (QED) is 0.783. The molecule has 0 saturated heterocycles. The van der Waals surface area contributed by atoms with E-state index in [1.807, 2.05) is 6.92 Å². The summed E-state index contributed by atoms with van der Waals surface area (Å²) >= 11 is 5.85. The fraction of sp³-hybridized carbons (Fsp3) is 0.500. The van der Waals surface area contributed by atoms with Gasteiger partial charge in [-0.3, -0.25) is 0 Å². The molecule has 0 bridgehead atoms. The van der Waals surface area contributed by atoms with Gasteiger partial charge in [0, 0.05) is 30.2 Å². The number of aliphatic hydroxyl groups excluding tert-OH is 1. The number of rotatable bonds is 6. The molecule has 0 aliphatic rings. The molecule has 0 radical (unpaired) electrons. The smallest absolute Gasteiger partial charge is 0.127 e. The molecule has 4 heteroatoms. The fourth-order valence-corrected chi connectivity index (χ4v) is 1.67. The van der Waals surface area contributed by atoms with Crippen LogP contribution in [0.1, 0.15) is 18.9 Å². The Morgan fingerprint density at radius 1 is 1.50 bits per heavy atom. The average Bonchev–Trinajstić information content (AvgIpc) is 2.24. The lowest BCUT2D eigenvalue weighted by Gasteiger charge is -2.12. The Hall–Kier alpha value is -0.640. The van der Waals surface area contributed by atoms with Crippen molar-refractivity contribution in [1.82, 2.24) is 0 Å². The number of hydrogen-bond acceptors (Lipinski definition) is 2. The molecule has 90 valence electrons. The molecular weight excluding hydrogens is 231 g/mol. The van der Waals surface area contributed by atoms with Crippen molar-refractivity contribution in [3.63, 3.8) is 0 Å². The van der Waals surface area contributed by atoms with Crippen LogP contribution < -0.4 is 0 Å². The minimum Gasteiger partial charge on any atom is -0.393 e. The predicted molar refractivity (Wildman–Crippen MR) is 62.2 cm³/mol. The van der Waals surface area contributed by atoms with E-state index in [0.717, 1.165) is 0 Å². The third-order valence-corrected chi connectivity index (χ3v) is 2.66. The summed E-state index contributed by atoms with van der Waals surface area (Å²) < 4.78 is 18.5. The first kappa shape index (κ1) is 13.4. The van der Waals surface area contributed by atoms with Gasteiger partial charge in [-0.1, -0.05) is 17.7 Å². The van der Waals surface area contributed by atoms with Crippen LogP contribution in [0, 0.1) is 5.82 Å². The highest BCUT2D eigenvalue weighted by atomic mass is 35.5. The standard InChI is InChI=1S/C12H16ClFO2/c1-2-16-7-6-9(15)8-10-11(13)4-3-5-12(10)14/h3-5,9,15H,2,6-8H2,1H3. The maximum atomic E-state index is 13.4. The lowest BCUT2D eigenvalue weighted by molar-refractivity contribution is 0.0883. The number of benzene rings is 1. The van der Waals surface area contributed by atoms with Crippen LogP contribution in [0.15, 0.2) is 18.2 Å². The monoisotopic (exact) mass is 246 g/mol. The summed E-state index contributed by atoms with van der Waals surface area (Å²) in [4.78, 5) is 0. The van der Waals surface area contributed by atoms with Crippen LogP contribution in [0.2, 0.25) is 5.02 Å². The Bertz CT molecular complexity index is 311. The van der Waals surface area contributed by atoms with E-state index in [0.29, 0.717) is 30.2 Å². The Morgan fingerprint density at radius 3 is 2.88 bits per heavy atom. The van der Waals surface area contributed by atoms with Crippen molar-refractivity contribution >= 4 is 11.6 Å². The van der Waals surface area contributed by atoms with Crippen LogP contribution in [-0.2, 0) is 11.2 Å². The molecule has 0 aliphatic heterocycles. The van der Waals surface area contributed by atoms with E-state index < -0.39 is 6.10 Å². The molecule has 2 nitrogen and oxygen atoms in total. The topological polar surface area (TPSA) is 29.5 Å². The van der Waals surface area contributed by atoms with Crippen LogP contribution in [0.3, 0.4) is 0 Å². The molecule has 16 heavy (non-hydrogen) atoms. The van der Waals surface area contributed by atoms with Gasteiger partial charge in [0.1, 0.15) is 5.82 Å². The van der Waals surface area contributed by atoms with Crippen molar-refractivity contribution in [2.24, 2.45) is 0 Å². The molecule has 1 rings (SSSR count). The van der Waals surface area contributed by atoms with Gasteiger partial charge in [0.25, 0.3) is 0 Å². The minimum atomic E-state index is -0.624. The van der Waals surface area contributed by atoms with Crippen LogP contribution in [0.4, 0.5) is 4.39 Å². The Morgan fingerprint density at radius 2 is 2.25 bits per heavy atom. The highest BCUT2D eigenvalue weighted by Gasteiger charge is 2.12. The Kier molecular flexibility index (Phi) is 5.74. The van der Waals surface area contributed by atoms with Crippen molar-refractivity contribution in [3.8, 4) is 0 Å². The first-order valence-corrected chi connectivity index (χ1v) is 5.71. The van der Waals surface area contributed by atoms with E-state index in [1.54, 1.807) is 12.1 Å². The zero-order chi connectivity index (χ0) is 12.0. The number of hydrogen-bond donors (Lipinski definition) is 1. The van der Waals surface area contributed by atoms with Crippen LogP contribution >= 0.6 is 11.6 Å². The van der Waals surface area contributed by atoms with Crippen molar-refractivity contribution in [1.29, 1.82) is 0 Å². The molecule has 1 N–H and O–H groups in total. The third-order valence-electron chi connectivity index (χ3n) is 2.30. The van der Waals surface area contributed by atoms with E-state index in [4.69, 9.17) is 16.3 Å². The molecule has 1 unspecified atom stereocenters. The maximum absolute atomic E-state index is 13.4. The SMILES string of the molecule is CCOCCC(O)Cc1c(F)cccc1Cl. The van der Waals surface area contributed by atoms with Crippen LogP contribution in [0.5, 0.6) is 0 Å². The van der Waals surface area contributed by atoms with E-state index in [-0.39, 0.29) is 12.2 Å². The molecule has 0 fully saturated rings. The summed E-state index contributed by atoms with van der Waals surface area (Å²) in [5.74, 6) is -0.372. The fourth-order valence-electron chi connectivity index (χ4n) is 1.43. The van der Waals surface area contributed by atoms with Gasteiger partial charge >= 0.3 is 0 Å². The van der Waals surface area contributed by atoms with Gasteiger partial charge in [-0.05, 0) is 25.5 Å². The Labute approximate surface area is 100.0 Å². The molecule has 1 aromatic carbocycles. The summed E-state index contributed by atoms with van der Waals surface area (Å²) in [7, 11) is 0. The minimum absolute atomic E-state index is 0.221. The molecule has 0 heterocycles. The van der Waals surface area contributed by atoms with E-state index in [9.17, 15) is 9.50 Å². The van der Waals surface area contributed by atoms with Crippen molar-refractivity contribution in [3.05, 3.63) is 34.6 Å². The van der Waals surface area contributed by atoms with Gasteiger partial charge in [-0.25, -0.2) is 4.39 Å². The molecule has 0 saturated carbocycles. The summed E-state index contributed by atoms with van der Waals surface area (Å²) in [6.07, 6.45) is 0.0813. The number of ether oxygens (including phenoxy) is 1. The van der Waals surface area contributed by atoms with E-state index in [2.05, 4.69) is 0 Å². The maximum Gasteiger partial charge on any atom is 0.127 e. The van der Waals surface area contributed by atoms with Crippen molar-refractivity contribution in [2.75, 3.05) is 13.2 Å². The van der Waals surface area contributed by atoms with Gasteiger partial charge in [0.2, 0.25) is 0 Å². The molecule has 0 aromatic heterocycles. The zero-order valence-corrected chi connectivity index (χ0v) is 10.0. The zero-order valence-electron chi connectivity index (χ0n) is 9.25. The second kappa shape index (κ2) is 6.84. The number of halogens is 2. The number of aliphatic hydroxyl groups is 1. The second-order valence-corrected chi connectivity index (χ2v) is 3.95. The van der Waals surface area contributed by atoms with Crippen molar-refractivity contribution < 1.29 is 14.2 Å². The van der Waals surface area contributed by atoms with Gasteiger partial charge in [0.05, 0.1) is 6.10 Å². The highest BCUT2D eigenvalue weighted by Crippen LogP contribution is 2.21. The van der Waals surface area contributed by atoms with Gasteiger partial charge in [0.15, 0.2) is 0 Å². The lowest BCUT2D eigenvalue weighted by atomic mass is 10.1. The summed E-state index contributed by atoms with van der Waals surface area (Å²) in [5.41, 5.74) is 0.369. The summed E-state index contributed by atoms with van der Waals surface area (Å²) in [6.45, 7) is 2.98. The predicted octanol–water partition coefficient (Wildman–Crippen LogP) is 2.81. The largest absolute Gasteiger partial charge is 0.393 e. The van der Waals surface area contributed by atoms with Crippen LogP contribution in [0.25, 0.3) is 0 Å². The molecule has 0 spiro atoms. The average molecular weight is 247 g/mol. The van der Waals surface area contributed by atoms with Crippen molar-refractivity contribution in [2.45, 2.75) is 25.9 Å². The van der Waals surface area contributed by atoms with E-state index in [1.165, 1.54) is 6.07 Å².